The fraction of sp³-hybridized carbons (Fsp3) is 0.700. The van der Waals surface area contributed by atoms with Gasteiger partial charge in [-0.3, -0.25) is 5.10 Å². The number of nitrogens with zero attached hydrogens (tertiary/aromatic N) is 1. The highest BCUT2D eigenvalue weighted by atomic mass is 32.2. The molecule has 1 heterocycles. The summed E-state index contributed by atoms with van der Waals surface area (Å²) in [5, 5.41) is 9.68. The monoisotopic (exact) mass is 292 g/mol. The standard InChI is InChI=1S/C10H20N4O2S2/c1-3-4-11-7-9-8-12-14-10(9)18(15,16)13-5-6-17-2/h8,11,13H,3-7H2,1-2H3,(H,12,14). The normalized spacial score (nSPS) is 11.9. The maximum Gasteiger partial charge on any atom is 0.257 e. The molecule has 8 heteroatoms. The lowest BCUT2D eigenvalue weighted by molar-refractivity contribution is 0.576. The van der Waals surface area contributed by atoms with Crippen molar-refractivity contribution >= 4 is 21.8 Å². The molecule has 0 fully saturated rings. The van der Waals surface area contributed by atoms with E-state index in [1.807, 2.05) is 6.26 Å². The molecule has 1 aromatic heterocycles. The molecule has 1 aromatic rings. The van der Waals surface area contributed by atoms with Gasteiger partial charge in [0.25, 0.3) is 10.0 Å². The topological polar surface area (TPSA) is 86.9 Å². The third kappa shape index (κ3) is 4.60. The molecule has 6 nitrogen and oxygen atoms in total. The summed E-state index contributed by atoms with van der Waals surface area (Å²) in [5.74, 6) is 0.747. The number of aromatic amines is 1. The zero-order valence-electron chi connectivity index (χ0n) is 10.7. The van der Waals surface area contributed by atoms with Crippen LogP contribution in [0.2, 0.25) is 0 Å². The van der Waals surface area contributed by atoms with E-state index in [2.05, 4.69) is 27.2 Å². The highest BCUT2D eigenvalue weighted by molar-refractivity contribution is 7.98. The van der Waals surface area contributed by atoms with Gasteiger partial charge in [0.05, 0.1) is 6.20 Å². The maximum absolute atomic E-state index is 12.0. The Morgan fingerprint density at radius 3 is 2.89 bits per heavy atom. The molecule has 0 aliphatic carbocycles. The fourth-order valence-electron chi connectivity index (χ4n) is 1.41. The SMILES string of the molecule is CCCNCc1cn[nH]c1S(=O)(=O)NCCSC. The van der Waals surface area contributed by atoms with E-state index in [4.69, 9.17) is 0 Å². The maximum atomic E-state index is 12.0. The van der Waals surface area contributed by atoms with Crippen LogP contribution in [0.3, 0.4) is 0 Å². The first kappa shape index (κ1) is 15.5. The molecule has 0 saturated heterocycles. The van der Waals surface area contributed by atoms with Gasteiger partial charge in [-0.05, 0) is 19.2 Å². The summed E-state index contributed by atoms with van der Waals surface area (Å²) in [4.78, 5) is 0. The predicted molar refractivity (Wildman–Crippen MR) is 74.2 cm³/mol. The van der Waals surface area contributed by atoms with Gasteiger partial charge in [0, 0.05) is 24.4 Å². The van der Waals surface area contributed by atoms with Crippen molar-refractivity contribution < 1.29 is 8.42 Å². The second-order valence-corrected chi connectivity index (χ2v) is 6.48. The molecule has 1 rings (SSSR count). The van der Waals surface area contributed by atoms with Gasteiger partial charge in [-0.1, -0.05) is 6.92 Å². The van der Waals surface area contributed by atoms with E-state index in [1.165, 1.54) is 0 Å². The minimum atomic E-state index is -3.48. The molecule has 0 aromatic carbocycles. The smallest absolute Gasteiger partial charge is 0.257 e. The van der Waals surface area contributed by atoms with Crippen LogP contribution in [0, 0.1) is 0 Å². The first-order valence-electron chi connectivity index (χ1n) is 5.83. The van der Waals surface area contributed by atoms with Crippen LogP contribution in [-0.4, -0.2) is 43.7 Å². The quantitative estimate of drug-likeness (QED) is 0.579. The summed E-state index contributed by atoms with van der Waals surface area (Å²) in [6.45, 7) is 3.84. The third-order valence-electron chi connectivity index (χ3n) is 2.29. The Morgan fingerprint density at radius 2 is 2.22 bits per heavy atom. The molecule has 0 spiro atoms. The van der Waals surface area contributed by atoms with Gasteiger partial charge in [-0.15, -0.1) is 0 Å². The molecule has 104 valence electrons. The van der Waals surface area contributed by atoms with Crippen LogP contribution in [0.25, 0.3) is 0 Å². The summed E-state index contributed by atoms with van der Waals surface area (Å²) in [6.07, 6.45) is 4.49. The van der Waals surface area contributed by atoms with Gasteiger partial charge >= 0.3 is 0 Å². The van der Waals surface area contributed by atoms with E-state index < -0.39 is 10.0 Å². The van der Waals surface area contributed by atoms with Crippen LogP contribution >= 0.6 is 11.8 Å². The van der Waals surface area contributed by atoms with E-state index in [1.54, 1.807) is 18.0 Å². The number of hydrogen-bond acceptors (Lipinski definition) is 5. The van der Waals surface area contributed by atoms with Crippen LogP contribution < -0.4 is 10.0 Å². The Balaban J connectivity index is 2.67. The molecule has 18 heavy (non-hydrogen) atoms. The van der Waals surface area contributed by atoms with Crippen molar-refractivity contribution in [1.82, 2.24) is 20.2 Å². The minimum absolute atomic E-state index is 0.159. The predicted octanol–water partition coefficient (Wildman–Crippen LogP) is 0.551. The van der Waals surface area contributed by atoms with Crippen LogP contribution in [0.5, 0.6) is 0 Å². The van der Waals surface area contributed by atoms with Gasteiger partial charge in [0.1, 0.15) is 0 Å². The molecule has 0 radical (unpaired) electrons. The Hall–Kier alpha value is -0.570. The van der Waals surface area contributed by atoms with Crippen molar-refractivity contribution in [2.45, 2.75) is 24.9 Å². The molecule has 0 atom stereocenters. The Bertz CT molecular complexity index is 444. The summed E-state index contributed by atoms with van der Waals surface area (Å²) in [6, 6.07) is 0. The molecule has 0 amide bonds. The first-order chi connectivity index (χ1) is 8.61. The summed E-state index contributed by atoms with van der Waals surface area (Å²) in [7, 11) is -3.48. The average molecular weight is 292 g/mol. The van der Waals surface area contributed by atoms with Crippen molar-refractivity contribution in [1.29, 1.82) is 0 Å². The first-order valence-corrected chi connectivity index (χ1v) is 8.71. The number of rotatable bonds is 9. The Morgan fingerprint density at radius 1 is 1.44 bits per heavy atom. The van der Waals surface area contributed by atoms with Crippen LogP contribution in [-0.2, 0) is 16.6 Å². The number of H-pyrrole nitrogens is 1. The second kappa shape index (κ2) is 7.78. The van der Waals surface area contributed by atoms with E-state index in [0.717, 1.165) is 18.7 Å². The molecule has 0 bridgehead atoms. The number of aromatic nitrogens is 2. The lowest BCUT2D eigenvalue weighted by atomic mass is 10.3. The number of hydrogen-bond donors (Lipinski definition) is 3. The third-order valence-corrected chi connectivity index (χ3v) is 4.37. The van der Waals surface area contributed by atoms with Gasteiger partial charge in [-0.25, -0.2) is 13.1 Å². The largest absolute Gasteiger partial charge is 0.313 e. The van der Waals surface area contributed by atoms with Crippen LogP contribution in [0.4, 0.5) is 0 Å². The van der Waals surface area contributed by atoms with Crippen LogP contribution in [0.1, 0.15) is 18.9 Å². The van der Waals surface area contributed by atoms with Gasteiger partial charge in [0.2, 0.25) is 0 Å². The molecule has 0 aliphatic rings. The lowest BCUT2D eigenvalue weighted by Gasteiger charge is -2.07. The number of sulfonamides is 1. The highest BCUT2D eigenvalue weighted by Crippen LogP contribution is 2.11. The fourth-order valence-corrected chi connectivity index (χ4v) is 3.00. The van der Waals surface area contributed by atoms with Crippen LogP contribution in [0.15, 0.2) is 11.2 Å². The van der Waals surface area contributed by atoms with E-state index in [0.29, 0.717) is 18.7 Å². The number of thioether (sulfide) groups is 1. The molecular weight excluding hydrogens is 272 g/mol. The Kier molecular flexibility index (Phi) is 6.69. The summed E-state index contributed by atoms with van der Waals surface area (Å²) >= 11 is 1.60. The molecule has 0 aliphatic heterocycles. The minimum Gasteiger partial charge on any atom is -0.313 e. The van der Waals surface area contributed by atoms with Gasteiger partial charge in [-0.2, -0.15) is 16.9 Å². The summed E-state index contributed by atoms with van der Waals surface area (Å²) in [5.41, 5.74) is 0.667. The molecular formula is C10H20N4O2S2. The zero-order chi connectivity index (χ0) is 13.4. The van der Waals surface area contributed by atoms with Crippen molar-refractivity contribution in [3.8, 4) is 0 Å². The van der Waals surface area contributed by atoms with Crippen molar-refractivity contribution in [2.75, 3.05) is 25.1 Å². The summed E-state index contributed by atoms with van der Waals surface area (Å²) < 4.78 is 26.5. The van der Waals surface area contributed by atoms with Gasteiger partial charge < -0.3 is 5.32 Å². The van der Waals surface area contributed by atoms with E-state index >= 15 is 0 Å². The van der Waals surface area contributed by atoms with Crippen molar-refractivity contribution in [3.63, 3.8) is 0 Å². The highest BCUT2D eigenvalue weighted by Gasteiger charge is 2.19. The molecule has 0 saturated carbocycles. The van der Waals surface area contributed by atoms with Gasteiger partial charge in [0.15, 0.2) is 5.03 Å². The molecule has 3 N–H and O–H groups in total. The van der Waals surface area contributed by atoms with Crippen molar-refractivity contribution in [2.24, 2.45) is 0 Å². The second-order valence-electron chi connectivity index (χ2n) is 3.79. The van der Waals surface area contributed by atoms with E-state index in [-0.39, 0.29) is 5.03 Å². The van der Waals surface area contributed by atoms with Crippen molar-refractivity contribution in [3.05, 3.63) is 11.8 Å². The average Bonchev–Trinajstić information content (AvgIpc) is 2.79. The zero-order valence-corrected chi connectivity index (χ0v) is 12.3. The lowest BCUT2D eigenvalue weighted by Crippen LogP contribution is -2.28. The van der Waals surface area contributed by atoms with E-state index in [9.17, 15) is 8.42 Å². The number of nitrogens with one attached hydrogen (secondary N) is 3. The Labute approximate surface area is 112 Å². The molecule has 0 unspecified atom stereocenters.